The molecule has 0 radical (unpaired) electrons. The van der Waals surface area contributed by atoms with E-state index in [1.165, 1.54) is 0 Å². The van der Waals surface area contributed by atoms with Gasteiger partial charge in [-0.15, -0.1) is 0 Å². The first-order valence-corrected chi connectivity index (χ1v) is 11.6. The van der Waals surface area contributed by atoms with Gasteiger partial charge in [0.25, 0.3) is 11.8 Å². The molecule has 8 heteroatoms. The van der Waals surface area contributed by atoms with Crippen molar-refractivity contribution >= 4 is 22.7 Å². The molecule has 2 aromatic heterocycles. The van der Waals surface area contributed by atoms with Crippen molar-refractivity contribution < 1.29 is 9.59 Å². The van der Waals surface area contributed by atoms with E-state index in [4.69, 9.17) is 5.10 Å². The summed E-state index contributed by atoms with van der Waals surface area (Å²) in [4.78, 5) is 28.3. The number of hydrogen-bond donors (Lipinski definition) is 2. The van der Waals surface area contributed by atoms with Crippen LogP contribution in [0.2, 0.25) is 0 Å². The van der Waals surface area contributed by atoms with E-state index < -0.39 is 0 Å². The number of benzene rings is 1. The van der Waals surface area contributed by atoms with E-state index in [9.17, 15) is 9.59 Å². The number of aromatic amines is 1. The second kappa shape index (κ2) is 8.41. The summed E-state index contributed by atoms with van der Waals surface area (Å²) in [6.45, 7) is 6.01. The molecule has 1 aliphatic carbocycles. The quantitative estimate of drug-likeness (QED) is 0.644. The molecule has 1 aromatic carbocycles. The van der Waals surface area contributed by atoms with E-state index in [1.54, 1.807) is 4.90 Å². The molecule has 0 spiro atoms. The average molecular weight is 435 g/mol. The zero-order valence-electron chi connectivity index (χ0n) is 18.7. The second-order valence-corrected chi connectivity index (χ2v) is 9.40. The Balaban J connectivity index is 1.44. The third-order valence-electron chi connectivity index (χ3n) is 6.54. The van der Waals surface area contributed by atoms with Crippen LogP contribution < -0.4 is 5.32 Å². The van der Waals surface area contributed by atoms with Gasteiger partial charge in [-0.3, -0.25) is 19.4 Å². The van der Waals surface area contributed by atoms with Crippen molar-refractivity contribution in [2.24, 2.45) is 5.92 Å². The molecule has 1 aliphatic heterocycles. The van der Waals surface area contributed by atoms with E-state index in [0.717, 1.165) is 54.4 Å². The lowest BCUT2D eigenvalue weighted by molar-refractivity contribution is 0.0726. The van der Waals surface area contributed by atoms with E-state index in [1.807, 2.05) is 28.9 Å². The van der Waals surface area contributed by atoms with Crippen molar-refractivity contribution in [3.8, 4) is 0 Å². The number of aromatic nitrogens is 4. The summed E-state index contributed by atoms with van der Waals surface area (Å²) >= 11 is 0. The fourth-order valence-electron chi connectivity index (χ4n) is 4.94. The maximum atomic E-state index is 13.3. The number of nitrogens with one attached hydrogen (secondary N) is 2. The highest BCUT2D eigenvalue weighted by molar-refractivity contribution is 6.04. The molecule has 168 valence electrons. The highest BCUT2D eigenvalue weighted by Crippen LogP contribution is 2.27. The zero-order valence-corrected chi connectivity index (χ0v) is 18.7. The van der Waals surface area contributed by atoms with Crippen molar-refractivity contribution in [3.05, 3.63) is 46.9 Å². The Morgan fingerprint density at radius 3 is 2.75 bits per heavy atom. The van der Waals surface area contributed by atoms with Crippen LogP contribution >= 0.6 is 0 Å². The Morgan fingerprint density at radius 2 is 1.97 bits per heavy atom. The van der Waals surface area contributed by atoms with Gasteiger partial charge in [0.05, 0.1) is 12.1 Å². The number of para-hydroxylation sites is 1. The van der Waals surface area contributed by atoms with Gasteiger partial charge in [0, 0.05) is 42.2 Å². The first kappa shape index (κ1) is 20.7. The van der Waals surface area contributed by atoms with Crippen LogP contribution in [0.4, 0.5) is 0 Å². The Labute approximate surface area is 187 Å². The Bertz CT molecular complexity index is 1150. The van der Waals surface area contributed by atoms with Crippen molar-refractivity contribution in [1.29, 1.82) is 0 Å². The van der Waals surface area contributed by atoms with Gasteiger partial charge in [0.15, 0.2) is 11.4 Å². The molecular formula is C24H30N6O2. The summed E-state index contributed by atoms with van der Waals surface area (Å²) in [6, 6.07) is 7.87. The number of fused-ring (bicyclic) bond motifs is 2. The van der Waals surface area contributed by atoms with Gasteiger partial charge in [-0.1, -0.05) is 44.9 Å². The molecule has 2 aliphatic rings. The molecule has 1 saturated carbocycles. The second-order valence-electron chi connectivity index (χ2n) is 9.40. The summed E-state index contributed by atoms with van der Waals surface area (Å²) in [5.74, 6) is 0.182. The fourth-order valence-corrected chi connectivity index (χ4v) is 4.94. The van der Waals surface area contributed by atoms with Gasteiger partial charge in [-0.05, 0) is 24.8 Å². The van der Waals surface area contributed by atoms with Gasteiger partial charge in [-0.25, -0.2) is 0 Å². The van der Waals surface area contributed by atoms with Crippen LogP contribution in [0.3, 0.4) is 0 Å². The number of amides is 2. The predicted octanol–water partition coefficient (Wildman–Crippen LogP) is 3.29. The third kappa shape index (κ3) is 3.78. The maximum absolute atomic E-state index is 13.3. The highest BCUT2D eigenvalue weighted by atomic mass is 16.2. The number of H-pyrrole nitrogens is 1. The van der Waals surface area contributed by atoms with Crippen LogP contribution in [0.15, 0.2) is 24.3 Å². The molecule has 32 heavy (non-hydrogen) atoms. The molecule has 0 atom stereocenters. The van der Waals surface area contributed by atoms with E-state index in [2.05, 4.69) is 29.4 Å². The summed E-state index contributed by atoms with van der Waals surface area (Å²) in [7, 11) is 0. The molecule has 3 heterocycles. The Kier molecular flexibility index (Phi) is 5.45. The van der Waals surface area contributed by atoms with Crippen molar-refractivity contribution in [3.63, 3.8) is 0 Å². The highest BCUT2D eigenvalue weighted by Gasteiger charge is 2.32. The summed E-state index contributed by atoms with van der Waals surface area (Å²) in [6.07, 6.45) is 5.05. The van der Waals surface area contributed by atoms with Gasteiger partial charge in [-0.2, -0.15) is 10.2 Å². The SMILES string of the molecule is CC(C)Cn1nc(C(=O)NC2CCCC2)c2c1CCN(C(=O)c1n[nH]c3ccccc13)C2. The van der Waals surface area contributed by atoms with Gasteiger partial charge in [0.1, 0.15) is 0 Å². The molecule has 0 saturated heterocycles. The number of nitrogens with zero attached hydrogens (tertiary/aromatic N) is 4. The van der Waals surface area contributed by atoms with Crippen LogP contribution in [0, 0.1) is 5.92 Å². The molecule has 1 fully saturated rings. The van der Waals surface area contributed by atoms with Gasteiger partial charge in [0.2, 0.25) is 0 Å². The molecule has 0 unspecified atom stereocenters. The van der Waals surface area contributed by atoms with E-state index in [0.29, 0.717) is 36.8 Å². The molecule has 0 bridgehead atoms. The van der Waals surface area contributed by atoms with Gasteiger partial charge < -0.3 is 10.2 Å². The van der Waals surface area contributed by atoms with Crippen molar-refractivity contribution in [2.75, 3.05) is 6.54 Å². The van der Waals surface area contributed by atoms with Crippen LogP contribution in [0.5, 0.6) is 0 Å². The number of carbonyl (C=O) groups excluding carboxylic acids is 2. The minimum absolute atomic E-state index is 0.116. The summed E-state index contributed by atoms with van der Waals surface area (Å²) < 4.78 is 1.98. The molecular weight excluding hydrogens is 404 g/mol. The first-order chi connectivity index (χ1) is 15.5. The topological polar surface area (TPSA) is 95.9 Å². The number of hydrogen-bond acceptors (Lipinski definition) is 4. The largest absolute Gasteiger partial charge is 0.348 e. The predicted molar refractivity (Wildman–Crippen MR) is 121 cm³/mol. The lowest BCUT2D eigenvalue weighted by Gasteiger charge is -2.27. The average Bonchev–Trinajstić information content (AvgIpc) is 3.51. The summed E-state index contributed by atoms with van der Waals surface area (Å²) in [5, 5.41) is 15.9. The number of rotatable bonds is 5. The zero-order chi connectivity index (χ0) is 22.2. The monoisotopic (exact) mass is 434 g/mol. The molecule has 3 aromatic rings. The van der Waals surface area contributed by atoms with Crippen LogP contribution in [-0.2, 0) is 19.5 Å². The fraction of sp³-hybridized carbons (Fsp3) is 0.500. The minimum Gasteiger partial charge on any atom is -0.348 e. The van der Waals surface area contributed by atoms with Crippen LogP contribution in [0.1, 0.15) is 71.8 Å². The Hall–Kier alpha value is -3.16. The van der Waals surface area contributed by atoms with Gasteiger partial charge >= 0.3 is 0 Å². The number of carbonyl (C=O) groups is 2. The van der Waals surface area contributed by atoms with E-state index >= 15 is 0 Å². The third-order valence-corrected chi connectivity index (χ3v) is 6.54. The van der Waals surface area contributed by atoms with Crippen molar-refractivity contribution in [1.82, 2.24) is 30.2 Å². The molecule has 2 amide bonds. The Morgan fingerprint density at radius 1 is 1.19 bits per heavy atom. The standard InChI is InChI=1S/C24H30N6O2/c1-15(2)13-30-20-11-12-29(24(32)22-17-9-5-6-10-19(17)26-27-22)14-18(20)21(28-30)23(31)25-16-7-3-4-8-16/h5-6,9-10,15-16H,3-4,7-8,11-14H2,1-2H3,(H,25,31)(H,26,27). The molecule has 8 nitrogen and oxygen atoms in total. The van der Waals surface area contributed by atoms with Crippen LogP contribution in [-0.4, -0.2) is 49.3 Å². The normalized spacial score (nSPS) is 16.7. The van der Waals surface area contributed by atoms with Crippen LogP contribution in [0.25, 0.3) is 10.9 Å². The first-order valence-electron chi connectivity index (χ1n) is 11.6. The summed E-state index contributed by atoms with van der Waals surface area (Å²) in [5.41, 5.74) is 3.69. The maximum Gasteiger partial charge on any atom is 0.275 e. The molecule has 5 rings (SSSR count). The molecule has 2 N–H and O–H groups in total. The van der Waals surface area contributed by atoms with Crippen molar-refractivity contribution in [2.45, 2.75) is 65.1 Å². The smallest absolute Gasteiger partial charge is 0.275 e. The lowest BCUT2D eigenvalue weighted by Crippen LogP contribution is -2.38. The minimum atomic E-state index is -0.119. The lowest BCUT2D eigenvalue weighted by atomic mass is 10.0. The van der Waals surface area contributed by atoms with E-state index in [-0.39, 0.29) is 17.9 Å².